The van der Waals surface area contributed by atoms with Gasteiger partial charge in [0, 0.05) is 17.9 Å². The number of carbonyl (C=O) groups excluding carboxylic acids is 1. The second-order valence-electron chi connectivity index (χ2n) is 11.6. The number of aliphatic hydroxyl groups is 1. The van der Waals surface area contributed by atoms with Crippen molar-refractivity contribution < 1.29 is 19.8 Å². The molecule has 0 spiro atoms. The maximum absolute atomic E-state index is 13.7. The molecule has 0 aromatic carbocycles. The van der Waals surface area contributed by atoms with Gasteiger partial charge in [0.25, 0.3) is 0 Å². The molecule has 1 fully saturated rings. The zero-order chi connectivity index (χ0) is 30.0. The van der Waals surface area contributed by atoms with Gasteiger partial charge in [0.2, 0.25) is 0 Å². The van der Waals surface area contributed by atoms with Crippen molar-refractivity contribution >= 4 is 70.9 Å². The number of carbonyl (C=O) groups is 2. The first-order valence-corrected chi connectivity index (χ1v) is 14.5. The summed E-state index contributed by atoms with van der Waals surface area (Å²) < 4.78 is 0. The van der Waals surface area contributed by atoms with E-state index in [1.807, 2.05) is 45.9 Å². The van der Waals surface area contributed by atoms with Crippen LogP contribution in [0.5, 0.6) is 0 Å². The minimum absolute atomic E-state index is 0. The average molecular weight is 587 g/mol. The normalized spacial score (nSPS) is 25.2. The van der Waals surface area contributed by atoms with Gasteiger partial charge in [-0.05, 0) is 49.3 Å². The SMILES string of the molecule is C=Cc1c2[n-]c(c1C)/C=C1/[N-]C(C3=c4[n-]/c(c(C)c4C(=O)[C@@H]3C)=C\c3[n-]c(/c(=C\O)c3CC)=C\2)[C@@H](CCC(=O)O)[C@@H]1C.[Mg+2]. The molecule has 3 aliphatic rings. The fraction of sp³-hybridized carbons (Fsp3) is 0.353. The van der Waals surface area contributed by atoms with Crippen LogP contribution >= 0.6 is 0 Å². The van der Waals surface area contributed by atoms with E-state index < -0.39 is 11.9 Å². The van der Waals surface area contributed by atoms with Crippen LogP contribution in [0, 0.1) is 31.6 Å². The van der Waals surface area contributed by atoms with Crippen LogP contribution in [0.2, 0.25) is 0 Å². The Balaban J connectivity index is 0.00000368. The van der Waals surface area contributed by atoms with Crippen LogP contribution in [-0.4, -0.2) is 51.1 Å². The number of Topliss-reactive ketones (excluding diaryl/α,β-unsaturated/α-hetero) is 1. The molecule has 2 aliphatic heterocycles. The Morgan fingerprint density at radius 2 is 1.74 bits per heavy atom. The summed E-state index contributed by atoms with van der Waals surface area (Å²) in [5.74, 6) is -1.39. The van der Waals surface area contributed by atoms with Crippen LogP contribution in [0.4, 0.5) is 0 Å². The number of ketones is 1. The zero-order valence-electron chi connectivity index (χ0n) is 25.2. The number of carboxylic acid groups (broad SMARTS) is 1. The number of rotatable bonds is 5. The molecule has 218 valence electrons. The van der Waals surface area contributed by atoms with E-state index in [0.29, 0.717) is 51.1 Å². The Kier molecular flexibility index (Phi) is 8.17. The molecule has 8 nitrogen and oxygen atoms in total. The van der Waals surface area contributed by atoms with Crippen molar-refractivity contribution in [2.75, 3.05) is 0 Å². The Hall–Kier alpha value is -3.69. The third-order valence-corrected chi connectivity index (χ3v) is 9.40. The van der Waals surface area contributed by atoms with Gasteiger partial charge in [-0.25, -0.2) is 0 Å². The predicted octanol–water partition coefficient (Wildman–Crippen LogP) is 2.16. The number of aliphatic carboxylic acids is 1. The molecular weight excluding hydrogens is 553 g/mol. The van der Waals surface area contributed by atoms with Crippen molar-refractivity contribution in [1.29, 1.82) is 0 Å². The number of aromatic nitrogens is 3. The molecule has 0 radical (unpaired) electrons. The van der Waals surface area contributed by atoms with Crippen molar-refractivity contribution in [2.24, 2.45) is 17.8 Å². The molecule has 4 atom stereocenters. The fourth-order valence-corrected chi connectivity index (χ4v) is 7.02. The first kappa shape index (κ1) is 30.8. The number of allylic oxidation sites excluding steroid dienone is 1. The minimum Gasteiger partial charge on any atom is -0.681 e. The molecule has 1 saturated heterocycles. The van der Waals surface area contributed by atoms with E-state index in [0.717, 1.165) is 45.5 Å². The fourth-order valence-electron chi connectivity index (χ4n) is 7.02. The molecular formula is C34H34MgN4O4-2. The topological polar surface area (TPSA) is 131 Å². The van der Waals surface area contributed by atoms with Gasteiger partial charge in [0.05, 0.1) is 6.26 Å². The van der Waals surface area contributed by atoms with Crippen molar-refractivity contribution in [3.63, 3.8) is 0 Å². The van der Waals surface area contributed by atoms with Gasteiger partial charge in [-0.1, -0.05) is 80.0 Å². The summed E-state index contributed by atoms with van der Waals surface area (Å²) in [6, 6.07) is -0.369. The number of carboxylic acids is 1. The minimum atomic E-state index is -0.853. The van der Waals surface area contributed by atoms with E-state index in [4.69, 9.17) is 20.3 Å². The maximum Gasteiger partial charge on any atom is 2.00 e. The summed E-state index contributed by atoms with van der Waals surface area (Å²) in [4.78, 5) is 40.2. The van der Waals surface area contributed by atoms with Gasteiger partial charge in [-0.2, -0.15) is 5.70 Å². The summed E-state index contributed by atoms with van der Waals surface area (Å²) in [7, 11) is 0. The molecule has 5 heterocycles. The van der Waals surface area contributed by atoms with Gasteiger partial charge in [-0.3, -0.25) is 9.59 Å². The van der Waals surface area contributed by atoms with Crippen molar-refractivity contribution in [1.82, 2.24) is 15.0 Å². The summed E-state index contributed by atoms with van der Waals surface area (Å²) in [6.45, 7) is 13.9. The number of hydrogen-bond acceptors (Lipinski definition) is 3. The summed E-state index contributed by atoms with van der Waals surface area (Å²) in [5.41, 5.74) is 7.92. The van der Waals surface area contributed by atoms with Gasteiger partial charge in [0.15, 0.2) is 5.78 Å². The first-order valence-electron chi connectivity index (χ1n) is 14.5. The first-order chi connectivity index (χ1) is 20.1. The van der Waals surface area contributed by atoms with Crippen LogP contribution in [-0.2, 0) is 11.2 Å². The molecule has 2 N–H and O–H groups in total. The summed E-state index contributed by atoms with van der Waals surface area (Å²) in [5, 5.41) is 27.5. The molecule has 6 rings (SSSR count). The van der Waals surface area contributed by atoms with E-state index >= 15 is 0 Å². The Bertz CT molecular complexity index is 1950. The van der Waals surface area contributed by atoms with E-state index in [2.05, 4.69) is 13.5 Å². The molecule has 8 bridgehead atoms. The summed E-state index contributed by atoms with van der Waals surface area (Å²) in [6.07, 6.45) is 9.70. The van der Waals surface area contributed by atoms with E-state index in [9.17, 15) is 19.8 Å². The van der Waals surface area contributed by atoms with Crippen LogP contribution in [0.25, 0.3) is 41.5 Å². The monoisotopic (exact) mass is 586 g/mol. The van der Waals surface area contributed by atoms with E-state index in [-0.39, 0.29) is 53.1 Å². The second-order valence-corrected chi connectivity index (χ2v) is 11.6. The Labute approximate surface area is 266 Å². The molecule has 3 aromatic heterocycles. The number of hydrogen-bond donors (Lipinski definition) is 2. The predicted molar refractivity (Wildman–Crippen MR) is 168 cm³/mol. The standard InChI is InChI=1S/C34H34N4O4.Mg/c1-7-19-15(3)23-11-24-16(4)21(9-10-29(40)41)32(37-24)30-18(6)34(42)31-17(5)25(38-33(30)31)12-27-20(8-2)22(14-39)28(36-27)13-26(19)35-23;/h7,11-14,16,18,21,32H,1,8-10H2,2-6H3,(H,39,42)(H,40,41);/q-4;+2/b24-11+,28-13-;/t16-,18+,21-,32?;/m0./s1. The number of fused-ring (bicyclic) bond motifs is 8. The van der Waals surface area contributed by atoms with Crippen LogP contribution in [0.3, 0.4) is 0 Å². The quantitative estimate of drug-likeness (QED) is 0.438. The second kappa shape index (κ2) is 11.4. The number of nitrogens with zero attached hydrogens (tertiary/aromatic N) is 4. The van der Waals surface area contributed by atoms with E-state index in [1.165, 1.54) is 0 Å². The van der Waals surface area contributed by atoms with Crippen molar-refractivity contribution in [2.45, 2.75) is 59.9 Å². The van der Waals surface area contributed by atoms with E-state index in [1.54, 1.807) is 6.08 Å². The van der Waals surface area contributed by atoms with Crippen LogP contribution < -0.4 is 36.2 Å². The third-order valence-electron chi connectivity index (χ3n) is 9.40. The molecule has 1 aliphatic carbocycles. The number of aliphatic hydroxyl groups excluding tert-OH is 1. The van der Waals surface area contributed by atoms with Gasteiger partial charge in [0.1, 0.15) is 0 Å². The molecule has 43 heavy (non-hydrogen) atoms. The molecule has 1 unspecified atom stereocenters. The Morgan fingerprint density at radius 1 is 1.02 bits per heavy atom. The molecule has 3 aromatic rings. The van der Waals surface area contributed by atoms with Crippen LogP contribution in [0.1, 0.15) is 83.3 Å². The van der Waals surface area contributed by atoms with Gasteiger partial charge < -0.3 is 30.5 Å². The molecule has 9 heteroatoms. The van der Waals surface area contributed by atoms with Crippen molar-refractivity contribution in [3.8, 4) is 0 Å². The largest absolute Gasteiger partial charge is 2.00 e. The third kappa shape index (κ3) is 4.73. The maximum atomic E-state index is 13.7. The van der Waals surface area contributed by atoms with Gasteiger partial charge >= 0.3 is 29.0 Å². The van der Waals surface area contributed by atoms with Crippen LogP contribution in [0.15, 0.2) is 12.3 Å². The average Bonchev–Trinajstić information content (AvgIpc) is 3.69. The molecule has 0 amide bonds. The summed E-state index contributed by atoms with van der Waals surface area (Å²) >= 11 is 0. The smallest absolute Gasteiger partial charge is 0.681 e. The van der Waals surface area contributed by atoms with Crippen molar-refractivity contribution in [3.05, 3.63) is 83.8 Å². The van der Waals surface area contributed by atoms with Gasteiger partial charge in [-0.15, -0.1) is 33.1 Å². The zero-order valence-corrected chi connectivity index (χ0v) is 26.6. The molecule has 0 saturated carbocycles. The Morgan fingerprint density at radius 3 is 2.40 bits per heavy atom.